The predicted octanol–water partition coefficient (Wildman–Crippen LogP) is 8.43. The van der Waals surface area contributed by atoms with Crippen molar-refractivity contribution in [3.05, 3.63) is 94.1 Å². The third-order valence-corrected chi connectivity index (χ3v) is 8.85. The molecular weight excluding hydrogens is 795 g/mol. The van der Waals surface area contributed by atoms with Gasteiger partial charge in [-0.2, -0.15) is 45.3 Å². The van der Waals surface area contributed by atoms with E-state index in [1.807, 2.05) is 25.1 Å². The van der Waals surface area contributed by atoms with Crippen LogP contribution in [0, 0.1) is 11.9 Å². The van der Waals surface area contributed by atoms with Crippen molar-refractivity contribution >= 4 is 34.1 Å². The van der Waals surface area contributed by atoms with Crippen molar-refractivity contribution < 1.29 is 57.1 Å². The van der Waals surface area contributed by atoms with E-state index < -0.39 is 57.9 Å². The Kier molecular flexibility index (Phi) is 20.1. The Labute approximate surface area is 332 Å². The zero-order valence-corrected chi connectivity index (χ0v) is 33.4. The van der Waals surface area contributed by atoms with Gasteiger partial charge in [0.25, 0.3) is 11.1 Å². The molecule has 0 aliphatic rings. The first-order valence-corrected chi connectivity index (χ1v) is 18.1. The standard InChI is InChI=1S/C19H23F4N3O.C13H21N.C6H3ClF4N2O.ClH/c1-4-5-6-9-12(2)13-10-7-8-11-14(13)24-18(27)15-16(19(21,22)23)25-26(3)17(15)20;1-3-4-5-8-11(2)12-9-6-7-10-13(12)14;1-13-5(8)2(4(7)14)3(12-13)6(9,10)11;/h7-8,10-12H,4-6,9H2,1-3H3,(H,24,27);6-7,9-11H,3-5,8,14H2,1-2H3;1H3;1H/p-1. The van der Waals surface area contributed by atoms with E-state index >= 15 is 0 Å². The van der Waals surface area contributed by atoms with Gasteiger partial charge in [-0.3, -0.25) is 9.59 Å². The highest BCUT2D eigenvalue weighted by atomic mass is 35.5. The first kappa shape index (κ1) is 49.8. The molecule has 4 rings (SSSR count). The highest BCUT2D eigenvalue weighted by Crippen LogP contribution is 2.35. The molecule has 0 saturated carbocycles. The van der Waals surface area contributed by atoms with Crippen molar-refractivity contribution in [3.8, 4) is 0 Å². The zero-order valence-electron chi connectivity index (χ0n) is 31.9. The highest BCUT2D eigenvalue weighted by Gasteiger charge is 2.42. The van der Waals surface area contributed by atoms with E-state index in [0.29, 0.717) is 21.0 Å². The van der Waals surface area contributed by atoms with Crippen LogP contribution < -0.4 is 23.5 Å². The summed E-state index contributed by atoms with van der Waals surface area (Å²) in [5.74, 6) is -3.19. The average molecular weight is 843 g/mol. The lowest BCUT2D eigenvalue weighted by Gasteiger charge is -2.17. The van der Waals surface area contributed by atoms with E-state index in [9.17, 15) is 44.7 Å². The van der Waals surface area contributed by atoms with Gasteiger partial charge in [-0.05, 0) is 59.5 Å². The number of aryl methyl sites for hydroxylation is 2. The Morgan fingerprint density at radius 2 is 1.14 bits per heavy atom. The quantitative estimate of drug-likeness (QED) is 0.0609. The van der Waals surface area contributed by atoms with Crippen LogP contribution in [0.4, 0.5) is 46.5 Å². The van der Waals surface area contributed by atoms with Crippen LogP contribution in [0.1, 0.15) is 134 Å². The van der Waals surface area contributed by atoms with E-state index in [1.54, 1.807) is 18.2 Å². The van der Waals surface area contributed by atoms with Gasteiger partial charge in [0.05, 0.1) is 0 Å². The van der Waals surface area contributed by atoms with Crippen molar-refractivity contribution in [2.24, 2.45) is 14.1 Å². The number of unbranched alkanes of at least 4 members (excludes halogenated alkanes) is 4. The fraction of sp³-hybridized carbons (Fsp3) is 0.474. The lowest BCUT2D eigenvalue weighted by atomic mass is 9.93. The molecule has 56 heavy (non-hydrogen) atoms. The number of nitrogens with zero attached hydrogens (tertiary/aromatic N) is 4. The van der Waals surface area contributed by atoms with Crippen LogP contribution in [0.2, 0.25) is 0 Å². The summed E-state index contributed by atoms with van der Waals surface area (Å²) in [5.41, 5.74) is 3.86. The van der Waals surface area contributed by atoms with Gasteiger partial charge in [0.2, 0.25) is 11.9 Å². The Balaban J connectivity index is 0.000000457. The SMILES string of the molecule is CCCCCC(C)c1ccccc1N.CCCCCC(C)c1ccccc1NC(=O)c1c(C(F)(F)F)nn(C)c1F.Cn1nc(C(F)(F)F)c(C(=O)Cl)c1F.[Cl-]. The summed E-state index contributed by atoms with van der Waals surface area (Å²) in [5, 5.41) is 6.83. The fourth-order valence-electron chi connectivity index (χ4n) is 5.68. The van der Waals surface area contributed by atoms with E-state index in [1.165, 1.54) is 31.2 Å². The minimum absolute atomic E-state index is 0. The smallest absolute Gasteiger partial charge is 0.436 e. The predicted molar refractivity (Wildman–Crippen MR) is 197 cm³/mol. The largest absolute Gasteiger partial charge is 1.00 e. The number of carbonyl (C=O) groups excluding carboxylic acids is 2. The monoisotopic (exact) mass is 841 g/mol. The van der Waals surface area contributed by atoms with Crippen LogP contribution in [0.15, 0.2) is 48.5 Å². The van der Waals surface area contributed by atoms with E-state index in [-0.39, 0.29) is 18.3 Å². The van der Waals surface area contributed by atoms with Gasteiger partial charge in [-0.15, -0.1) is 0 Å². The van der Waals surface area contributed by atoms with Crippen molar-refractivity contribution in [2.75, 3.05) is 11.1 Å². The molecular formula is C38H47Cl2F8N6O2-. The topological polar surface area (TPSA) is 108 Å². The molecule has 8 nitrogen and oxygen atoms in total. The molecule has 2 aromatic heterocycles. The molecule has 2 heterocycles. The number of hydrogen-bond acceptors (Lipinski definition) is 5. The molecule has 2 unspecified atom stereocenters. The number of aromatic nitrogens is 4. The average Bonchev–Trinajstić information content (AvgIpc) is 3.60. The summed E-state index contributed by atoms with van der Waals surface area (Å²) in [4.78, 5) is 23.0. The molecule has 312 valence electrons. The third kappa shape index (κ3) is 14.1. The number of halogens is 10. The second-order valence-electron chi connectivity index (χ2n) is 13.0. The molecule has 0 fully saturated rings. The van der Waals surface area contributed by atoms with Gasteiger partial charge >= 0.3 is 12.4 Å². The molecule has 0 aliphatic carbocycles. The van der Waals surface area contributed by atoms with Gasteiger partial charge in [0, 0.05) is 25.5 Å². The number of rotatable bonds is 13. The van der Waals surface area contributed by atoms with Gasteiger partial charge in [-0.1, -0.05) is 103 Å². The van der Waals surface area contributed by atoms with E-state index in [4.69, 9.17) is 17.3 Å². The first-order chi connectivity index (χ1) is 25.7. The lowest BCUT2D eigenvalue weighted by molar-refractivity contribution is -0.142. The van der Waals surface area contributed by atoms with Gasteiger partial charge in [0.1, 0.15) is 11.1 Å². The summed E-state index contributed by atoms with van der Waals surface area (Å²) < 4.78 is 103. The molecule has 0 aliphatic heterocycles. The zero-order chi connectivity index (χ0) is 41.7. The minimum atomic E-state index is -4.93. The van der Waals surface area contributed by atoms with Crippen LogP contribution in [0.5, 0.6) is 0 Å². The first-order valence-electron chi connectivity index (χ1n) is 17.7. The van der Waals surface area contributed by atoms with Gasteiger partial charge in [0.15, 0.2) is 11.4 Å². The maximum absolute atomic E-state index is 14.1. The van der Waals surface area contributed by atoms with E-state index in [2.05, 4.69) is 48.4 Å². The second-order valence-corrected chi connectivity index (χ2v) is 13.4. The fourth-order valence-corrected chi connectivity index (χ4v) is 5.84. The Morgan fingerprint density at radius 3 is 1.57 bits per heavy atom. The third-order valence-electron chi connectivity index (χ3n) is 8.66. The van der Waals surface area contributed by atoms with Crippen LogP contribution in [0.3, 0.4) is 0 Å². The number of amides is 1. The maximum atomic E-state index is 14.1. The van der Waals surface area contributed by atoms with Crippen molar-refractivity contribution in [3.63, 3.8) is 0 Å². The summed E-state index contributed by atoms with van der Waals surface area (Å²) in [6, 6.07) is 15.1. The van der Waals surface area contributed by atoms with Crippen molar-refractivity contribution in [2.45, 2.75) is 103 Å². The molecule has 18 heteroatoms. The number of nitrogens with two attached hydrogens (primary N) is 1. The number of para-hydroxylation sites is 2. The number of nitrogens with one attached hydrogen (secondary N) is 1. The molecule has 4 aromatic rings. The Bertz CT molecular complexity index is 1860. The molecule has 0 saturated heterocycles. The van der Waals surface area contributed by atoms with Crippen LogP contribution in [-0.2, 0) is 26.4 Å². The molecule has 2 aromatic carbocycles. The number of alkyl halides is 6. The van der Waals surface area contributed by atoms with E-state index in [0.717, 1.165) is 51.0 Å². The number of benzene rings is 2. The molecule has 0 radical (unpaired) electrons. The van der Waals surface area contributed by atoms with Crippen LogP contribution in [0.25, 0.3) is 0 Å². The van der Waals surface area contributed by atoms with Crippen molar-refractivity contribution in [1.29, 1.82) is 0 Å². The summed E-state index contributed by atoms with van der Waals surface area (Å²) in [6.07, 6.45) is -0.600. The number of carbonyl (C=O) groups is 2. The Hall–Kier alpha value is -4.18. The minimum Gasteiger partial charge on any atom is -1.00 e. The normalized spacial score (nSPS) is 12.3. The van der Waals surface area contributed by atoms with Crippen LogP contribution in [-0.4, -0.2) is 30.7 Å². The number of anilines is 2. The lowest BCUT2D eigenvalue weighted by Crippen LogP contribution is -3.00. The highest BCUT2D eigenvalue weighted by molar-refractivity contribution is 6.67. The molecule has 3 N–H and O–H groups in total. The summed E-state index contributed by atoms with van der Waals surface area (Å²) >= 11 is 4.80. The molecule has 2 atom stereocenters. The van der Waals surface area contributed by atoms with Gasteiger partial charge in [-0.25, -0.2) is 9.36 Å². The Morgan fingerprint density at radius 1 is 0.732 bits per heavy atom. The number of hydrogen-bond donors (Lipinski definition) is 2. The van der Waals surface area contributed by atoms with Crippen molar-refractivity contribution in [1.82, 2.24) is 19.6 Å². The number of nitrogen functional groups attached to an aromatic ring is 1. The molecule has 1 amide bonds. The summed E-state index contributed by atoms with van der Waals surface area (Å²) in [6.45, 7) is 8.59. The van der Waals surface area contributed by atoms with Crippen LogP contribution >= 0.6 is 11.6 Å². The molecule has 0 bridgehead atoms. The molecule has 0 spiro atoms. The second kappa shape index (κ2) is 22.5. The maximum Gasteiger partial charge on any atom is 0.436 e. The summed E-state index contributed by atoms with van der Waals surface area (Å²) in [7, 11) is 1.96. The van der Waals surface area contributed by atoms with Gasteiger partial charge < -0.3 is 23.5 Å².